The fourth-order valence-corrected chi connectivity index (χ4v) is 4.48. The molecule has 0 atom stereocenters. The largest absolute Gasteiger partial charge is 0.326 e. The van der Waals surface area contributed by atoms with Crippen molar-refractivity contribution in [3.05, 3.63) is 59.2 Å². The Morgan fingerprint density at radius 2 is 1.56 bits per heavy atom. The van der Waals surface area contributed by atoms with Gasteiger partial charge in [0.15, 0.2) is 10.8 Å². The number of amides is 2. The first-order valence-corrected chi connectivity index (χ1v) is 11.4. The van der Waals surface area contributed by atoms with E-state index in [-0.39, 0.29) is 17.6 Å². The lowest BCUT2D eigenvalue weighted by Crippen LogP contribution is -2.14. The van der Waals surface area contributed by atoms with Gasteiger partial charge in [-0.15, -0.1) is 10.2 Å². The Balaban J connectivity index is 1.51. The van der Waals surface area contributed by atoms with Gasteiger partial charge in [0, 0.05) is 17.8 Å². The Hall–Kier alpha value is -3.39. The lowest BCUT2D eigenvalue weighted by atomic mass is 10.1. The molecule has 32 heavy (non-hydrogen) atoms. The highest BCUT2D eigenvalue weighted by molar-refractivity contribution is 7.99. The second-order valence-electron chi connectivity index (χ2n) is 7.80. The molecule has 2 aromatic heterocycles. The van der Waals surface area contributed by atoms with Crippen molar-refractivity contribution < 1.29 is 9.59 Å². The number of aromatic nitrogens is 3. The normalized spacial score (nSPS) is 11.1. The lowest BCUT2D eigenvalue weighted by Gasteiger charge is -2.11. The second kappa shape index (κ2) is 9.00. The molecule has 0 unspecified atom stereocenters. The quantitative estimate of drug-likeness (QED) is 0.411. The fourth-order valence-electron chi connectivity index (χ4n) is 3.74. The average molecular weight is 448 g/mol. The van der Waals surface area contributed by atoms with Crippen LogP contribution in [0.25, 0.3) is 16.6 Å². The van der Waals surface area contributed by atoms with Crippen molar-refractivity contribution in [2.24, 2.45) is 0 Å². The molecular formula is C24H25N5O2S. The van der Waals surface area contributed by atoms with Crippen LogP contribution in [0.1, 0.15) is 30.0 Å². The number of thioether (sulfide) groups is 1. The Morgan fingerprint density at radius 1 is 0.906 bits per heavy atom. The summed E-state index contributed by atoms with van der Waals surface area (Å²) in [5, 5.41) is 16.2. The first-order chi connectivity index (χ1) is 15.4. The standard InChI is InChI=1S/C24H25N5O2S/c1-5-20(30)25-18-6-8-19(9-7-18)26-21(31)13-32-24-28-27-23-16(4)12-17-11-14(2)10-15(3)22(17)29(23)24/h6-12H,5,13H2,1-4H3,(H,25,30)(H,26,31). The van der Waals surface area contributed by atoms with Gasteiger partial charge in [0.2, 0.25) is 11.8 Å². The number of rotatable bonds is 6. The molecule has 2 aromatic carbocycles. The summed E-state index contributed by atoms with van der Waals surface area (Å²) in [4.78, 5) is 24.0. The molecule has 0 radical (unpaired) electrons. The average Bonchev–Trinajstić information content (AvgIpc) is 3.17. The van der Waals surface area contributed by atoms with Gasteiger partial charge in [0.25, 0.3) is 0 Å². The zero-order valence-electron chi connectivity index (χ0n) is 18.5. The molecule has 0 fully saturated rings. The summed E-state index contributed by atoms with van der Waals surface area (Å²) in [6, 6.07) is 13.5. The number of hydrogen-bond donors (Lipinski definition) is 2. The Kier molecular flexibility index (Phi) is 6.14. The summed E-state index contributed by atoms with van der Waals surface area (Å²) in [6.45, 7) is 7.99. The summed E-state index contributed by atoms with van der Waals surface area (Å²) in [7, 11) is 0. The minimum absolute atomic E-state index is 0.0492. The molecule has 0 spiro atoms. The van der Waals surface area contributed by atoms with Gasteiger partial charge >= 0.3 is 0 Å². The van der Waals surface area contributed by atoms with E-state index >= 15 is 0 Å². The van der Waals surface area contributed by atoms with Crippen LogP contribution in [0.4, 0.5) is 11.4 Å². The summed E-state index contributed by atoms with van der Waals surface area (Å²) >= 11 is 1.36. The molecule has 0 aliphatic heterocycles. The van der Waals surface area contributed by atoms with Gasteiger partial charge < -0.3 is 10.6 Å². The van der Waals surface area contributed by atoms with E-state index in [1.165, 1.54) is 17.3 Å². The Bertz CT molecular complexity index is 1330. The summed E-state index contributed by atoms with van der Waals surface area (Å²) in [5.41, 5.74) is 6.63. The smallest absolute Gasteiger partial charge is 0.234 e. The van der Waals surface area contributed by atoms with Crippen molar-refractivity contribution in [2.45, 2.75) is 39.3 Å². The molecule has 0 saturated carbocycles. The number of anilines is 2. The second-order valence-corrected chi connectivity index (χ2v) is 8.75. The maximum atomic E-state index is 12.5. The predicted octanol–water partition coefficient (Wildman–Crippen LogP) is 4.89. The highest BCUT2D eigenvalue weighted by Gasteiger charge is 2.15. The van der Waals surface area contributed by atoms with Gasteiger partial charge in [-0.2, -0.15) is 0 Å². The minimum Gasteiger partial charge on any atom is -0.326 e. The third-order valence-corrected chi connectivity index (χ3v) is 6.09. The van der Waals surface area contributed by atoms with E-state index in [2.05, 4.69) is 52.9 Å². The van der Waals surface area contributed by atoms with Crippen molar-refractivity contribution in [3.8, 4) is 0 Å². The van der Waals surface area contributed by atoms with Crippen LogP contribution < -0.4 is 10.6 Å². The lowest BCUT2D eigenvalue weighted by molar-refractivity contribution is -0.116. The van der Waals surface area contributed by atoms with Crippen LogP contribution >= 0.6 is 11.8 Å². The van der Waals surface area contributed by atoms with Gasteiger partial charge in [0.1, 0.15) is 0 Å². The van der Waals surface area contributed by atoms with Crippen molar-refractivity contribution in [1.29, 1.82) is 0 Å². The molecule has 2 N–H and O–H groups in total. The first-order valence-electron chi connectivity index (χ1n) is 10.4. The number of pyridine rings is 1. The summed E-state index contributed by atoms with van der Waals surface area (Å²) < 4.78 is 2.04. The zero-order chi connectivity index (χ0) is 22.8. The number of fused-ring (bicyclic) bond motifs is 3. The van der Waals surface area contributed by atoms with Crippen LogP contribution in [0.15, 0.2) is 47.6 Å². The van der Waals surface area contributed by atoms with E-state index in [0.717, 1.165) is 27.7 Å². The number of carbonyl (C=O) groups excluding carboxylic acids is 2. The number of nitrogens with one attached hydrogen (secondary N) is 2. The fraction of sp³-hybridized carbons (Fsp3) is 0.250. The maximum Gasteiger partial charge on any atom is 0.234 e. The van der Waals surface area contributed by atoms with E-state index in [0.29, 0.717) is 23.0 Å². The molecule has 0 aliphatic rings. The molecule has 0 saturated heterocycles. The molecule has 2 heterocycles. The van der Waals surface area contributed by atoms with E-state index in [1.807, 2.05) is 11.3 Å². The SMILES string of the molecule is CCC(=O)Nc1ccc(NC(=O)CSc2nnc3c(C)cc4cc(C)cc(C)c4n23)cc1. The van der Waals surface area contributed by atoms with E-state index in [9.17, 15) is 9.59 Å². The third-order valence-electron chi connectivity index (χ3n) is 5.16. The molecule has 164 valence electrons. The van der Waals surface area contributed by atoms with E-state index < -0.39 is 0 Å². The molecule has 4 rings (SSSR count). The minimum atomic E-state index is -0.137. The molecule has 2 amide bonds. The Labute approximate surface area is 190 Å². The van der Waals surface area contributed by atoms with Crippen molar-refractivity contribution in [1.82, 2.24) is 14.6 Å². The van der Waals surface area contributed by atoms with Crippen LogP contribution in [0.3, 0.4) is 0 Å². The van der Waals surface area contributed by atoms with Crippen molar-refractivity contribution in [3.63, 3.8) is 0 Å². The monoisotopic (exact) mass is 447 g/mol. The van der Waals surface area contributed by atoms with Gasteiger partial charge in [-0.3, -0.25) is 14.0 Å². The first kappa shape index (κ1) is 21.8. The molecule has 0 bridgehead atoms. The highest BCUT2D eigenvalue weighted by atomic mass is 32.2. The maximum absolute atomic E-state index is 12.5. The van der Waals surface area contributed by atoms with Crippen molar-refractivity contribution >= 4 is 51.5 Å². The van der Waals surface area contributed by atoms with Gasteiger partial charge in [0.05, 0.1) is 11.3 Å². The van der Waals surface area contributed by atoms with Crippen LogP contribution in [0.5, 0.6) is 0 Å². The van der Waals surface area contributed by atoms with E-state index in [1.54, 1.807) is 31.2 Å². The van der Waals surface area contributed by atoms with Gasteiger partial charge in [-0.1, -0.05) is 30.3 Å². The molecule has 7 nitrogen and oxygen atoms in total. The Morgan fingerprint density at radius 3 is 2.22 bits per heavy atom. The summed E-state index contributed by atoms with van der Waals surface area (Å²) in [6.07, 6.45) is 0.418. The topological polar surface area (TPSA) is 88.4 Å². The number of hydrogen-bond acceptors (Lipinski definition) is 5. The molecule has 0 aliphatic carbocycles. The van der Waals surface area contributed by atoms with Crippen LogP contribution in [-0.4, -0.2) is 32.2 Å². The number of aryl methyl sites for hydroxylation is 3. The predicted molar refractivity (Wildman–Crippen MR) is 129 cm³/mol. The van der Waals surface area contributed by atoms with Crippen molar-refractivity contribution in [2.75, 3.05) is 16.4 Å². The van der Waals surface area contributed by atoms with E-state index in [4.69, 9.17) is 0 Å². The number of benzene rings is 2. The summed E-state index contributed by atoms with van der Waals surface area (Å²) in [5.74, 6) is 0.0173. The van der Waals surface area contributed by atoms with Gasteiger partial charge in [-0.05, 0) is 73.7 Å². The van der Waals surface area contributed by atoms with Crippen LogP contribution in [0.2, 0.25) is 0 Å². The zero-order valence-corrected chi connectivity index (χ0v) is 19.3. The highest BCUT2D eigenvalue weighted by Crippen LogP contribution is 2.28. The molecule has 8 heteroatoms. The van der Waals surface area contributed by atoms with Gasteiger partial charge in [-0.25, -0.2) is 0 Å². The number of nitrogens with zero attached hydrogens (tertiary/aromatic N) is 3. The third kappa shape index (κ3) is 4.45. The molecular weight excluding hydrogens is 422 g/mol. The molecule has 4 aromatic rings. The van der Waals surface area contributed by atoms with Crippen LogP contribution in [0, 0.1) is 20.8 Å². The number of carbonyl (C=O) groups is 2. The van der Waals surface area contributed by atoms with Crippen LogP contribution in [-0.2, 0) is 9.59 Å².